The highest BCUT2D eigenvalue weighted by molar-refractivity contribution is 6.17. The van der Waals surface area contributed by atoms with Crippen molar-refractivity contribution in [1.82, 2.24) is 4.98 Å². The predicted molar refractivity (Wildman–Crippen MR) is 65.7 cm³/mol. The van der Waals surface area contributed by atoms with Crippen LogP contribution in [0.25, 0.3) is 0 Å². The first-order valence-electron chi connectivity index (χ1n) is 4.53. The number of rotatable bonds is 2. The molecule has 14 heavy (non-hydrogen) atoms. The molecule has 0 N–H and O–H groups in total. The van der Waals surface area contributed by atoms with Crippen molar-refractivity contribution in [3.05, 3.63) is 29.6 Å². The standard InChI is InChI=1S/C9H9N3.2Al.4H/c1-6(10)8-4-3-5-9(12-8)7(2)11;;;;;;/h3-5H,1-2H3;;;;;;/q-2;2*+1;;;;. The van der Waals surface area contributed by atoms with Gasteiger partial charge in [-0.25, -0.2) is 4.98 Å². The van der Waals surface area contributed by atoms with Gasteiger partial charge in [0.1, 0.15) is 0 Å². The normalized spacial score (nSPS) is 13.0. The Morgan fingerprint density at radius 1 is 1.07 bits per heavy atom. The average Bonchev–Trinajstić information content (AvgIpc) is 2.27. The van der Waals surface area contributed by atoms with E-state index < -0.39 is 0 Å². The second-order valence-electron chi connectivity index (χ2n) is 3.03. The summed E-state index contributed by atoms with van der Waals surface area (Å²) in [5.74, 6) is 0. The van der Waals surface area contributed by atoms with Crippen molar-refractivity contribution in [2.24, 2.45) is 7.95 Å². The molecule has 0 radical (unpaired) electrons. The summed E-state index contributed by atoms with van der Waals surface area (Å²) in [5.41, 5.74) is 3.95. The molecule has 0 saturated carbocycles. The number of nitrogens with zero attached hydrogens (tertiary/aromatic N) is 3. The van der Waals surface area contributed by atoms with Gasteiger partial charge in [-0.05, 0) is 26.0 Å². The van der Waals surface area contributed by atoms with E-state index in [1.807, 2.05) is 32.0 Å². The lowest BCUT2D eigenvalue weighted by Gasteiger charge is -2.03. The molecule has 0 aliphatic heterocycles. The Labute approximate surface area is 101 Å². The van der Waals surface area contributed by atoms with Crippen molar-refractivity contribution in [3.8, 4) is 0 Å². The summed E-state index contributed by atoms with van der Waals surface area (Å²) in [6, 6.07) is 5.98. The van der Waals surface area contributed by atoms with Crippen molar-refractivity contribution in [2.45, 2.75) is 13.8 Å². The van der Waals surface area contributed by atoms with Crippen LogP contribution in [0.15, 0.2) is 26.2 Å². The summed E-state index contributed by atoms with van der Waals surface area (Å²) in [6.07, 6.45) is 0. The molecular formula is C9H13Al2N3. The molecular weight excluding hydrogens is 204 g/mol. The molecule has 0 bridgehead atoms. The van der Waals surface area contributed by atoms with E-state index in [9.17, 15) is 0 Å². The number of hydrogen-bond donors (Lipinski definition) is 0. The second-order valence-corrected chi connectivity index (χ2v) is 3.92. The van der Waals surface area contributed by atoms with Crippen LogP contribution in [-0.2, 0) is 0 Å². The monoisotopic (exact) mass is 217 g/mol. The van der Waals surface area contributed by atoms with Gasteiger partial charge < -0.3 is 7.95 Å². The van der Waals surface area contributed by atoms with E-state index in [0.29, 0.717) is 0 Å². The molecule has 0 unspecified atom stereocenters. The van der Waals surface area contributed by atoms with Crippen LogP contribution in [0, 0.1) is 0 Å². The summed E-state index contributed by atoms with van der Waals surface area (Å²) < 4.78 is 8.49. The molecule has 0 aromatic carbocycles. The topological polar surface area (TPSA) is 37.6 Å². The Bertz CT molecular complexity index is 352. The van der Waals surface area contributed by atoms with Crippen molar-refractivity contribution >= 4 is 44.4 Å². The zero-order valence-electron chi connectivity index (χ0n) is 9.07. The van der Waals surface area contributed by atoms with Crippen molar-refractivity contribution in [1.29, 1.82) is 0 Å². The van der Waals surface area contributed by atoms with E-state index in [4.69, 9.17) is 0 Å². The van der Waals surface area contributed by atoms with E-state index in [1.165, 1.54) is 0 Å². The molecule has 0 saturated heterocycles. The maximum Gasteiger partial charge on any atom is 0.390 e. The van der Waals surface area contributed by atoms with Gasteiger partial charge in [0.2, 0.25) is 0 Å². The Balaban J connectivity index is 3.14. The van der Waals surface area contributed by atoms with E-state index in [1.54, 1.807) is 0 Å². The maximum absolute atomic E-state index is 4.50. The third kappa shape index (κ3) is 2.77. The summed E-state index contributed by atoms with van der Waals surface area (Å²) in [6.45, 7) is 3.98. The first-order valence-corrected chi connectivity index (χ1v) is 6.32. The fourth-order valence-corrected chi connectivity index (χ4v) is 1.53. The summed E-state index contributed by atoms with van der Waals surface area (Å²) in [5, 5.41) is 0. The van der Waals surface area contributed by atoms with Gasteiger partial charge in [-0.3, -0.25) is 0 Å². The van der Waals surface area contributed by atoms with E-state index in [-0.39, 0.29) is 0 Å². The molecule has 0 spiro atoms. The SMILES string of the molecule is CC(=[N][AlH2])c1cccc(C(C)=[N][AlH2])n1. The Morgan fingerprint density at radius 2 is 1.50 bits per heavy atom. The molecule has 1 heterocycles. The molecule has 0 fully saturated rings. The molecule has 3 nitrogen and oxygen atoms in total. The van der Waals surface area contributed by atoms with Gasteiger partial charge in [0, 0.05) is 11.4 Å². The van der Waals surface area contributed by atoms with Crippen LogP contribution >= 0.6 is 0 Å². The summed E-state index contributed by atoms with van der Waals surface area (Å²) >= 11 is 1.65. The van der Waals surface area contributed by atoms with Gasteiger partial charge >= 0.3 is 33.0 Å². The second kappa shape index (κ2) is 5.44. The van der Waals surface area contributed by atoms with Crippen LogP contribution in [0.5, 0.6) is 0 Å². The van der Waals surface area contributed by atoms with Crippen molar-refractivity contribution in [3.63, 3.8) is 0 Å². The molecule has 0 amide bonds. The molecule has 1 aromatic rings. The molecule has 0 atom stereocenters. The minimum atomic E-state index is 0.827. The van der Waals surface area contributed by atoms with Gasteiger partial charge in [0.25, 0.3) is 0 Å². The highest BCUT2D eigenvalue weighted by atomic mass is 27.1. The minimum absolute atomic E-state index is 0.827. The van der Waals surface area contributed by atoms with E-state index in [2.05, 4.69) is 12.9 Å². The predicted octanol–water partition coefficient (Wildman–Crippen LogP) is -0.204. The average molecular weight is 217 g/mol. The zero-order chi connectivity index (χ0) is 10.6. The third-order valence-electron chi connectivity index (χ3n) is 2.16. The molecule has 1 aromatic heterocycles. The van der Waals surface area contributed by atoms with Gasteiger partial charge in [0.15, 0.2) is 0 Å². The number of pyridine rings is 1. The largest absolute Gasteiger partial charge is 0.412 e. The van der Waals surface area contributed by atoms with Crippen LogP contribution in [0.4, 0.5) is 0 Å². The van der Waals surface area contributed by atoms with Crippen LogP contribution in [-0.4, -0.2) is 49.4 Å². The molecule has 5 heteroatoms. The summed E-state index contributed by atoms with van der Waals surface area (Å²) in [4.78, 5) is 4.50. The summed E-state index contributed by atoms with van der Waals surface area (Å²) in [7, 11) is 0. The quantitative estimate of drug-likeness (QED) is 0.499. The maximum atomic E-state index is 4.50. The van der Waals surface area contributed by atoms with Crippen LogP contribution < -0.4 is 0 Å². The van der Waals surface area contributed by atoms with Gasteiger partial charge in [-0.2, -0.15) is 0 Å². The highest BCUT2D eigenvalue weighted by Gasteiger charge is 2.00. The van der Waals surface area contributed by atoms with Crippen LogP contribution in [0.3, 0.4) is 0 Å². The molecule has 0 aliphatic carbocycles. The minimum Gasteiger partial charge on any atom is -0.412 e. The molecule has 1 rings (SSSR count). The van der Waals surface area contributed by atoms with Gasteiger partial charge in [0.05, 0.1) is 11.4 Å². The van der Waals surface area contributed by atoms with Crippen molar-refractivity contribution in [2.75, 3.05) is 0 Å². The van der Waals surface area contributed by atoms with Crippen LogP contribution in [0.1, 0.15) is 25.2 Å². The lowest BCUT2D eigenvalue weighted by atomic mass is 10.2. The fourth-order valence-electron chi connectivity index (χ4n) is 1.07. The number of hydrogen-bond acceptors (Lipinski definition) is 3. The third-order valence-corrected chi connectivity index (χ3v) is 3.50. The van der Waals surface area contributed by atoms with Gasteiger partial charge in [-0.15, -0.1) is 0 Å². The Hall–Kier alpha value is -0.445. The Kier molecular flexibility index (Phi) is 4.52. The molecule has 0 aliphatic rings. The Morgan fingerprint density at radius 3 is 1.86 bits per heavy atom. The lowest BCUT2D eigenvalue weighted by molar-refractivity contribution is 1.25. The van der Waals surface area contributed by atoms with E-state index >= 15 is 0 Å². The first kappa shape index (κ1) is 11.6. The molecule has 70 valence electrons. The fraction of sp³-hybridized carbons (Fsp3) is 0.222. The van der Waals surface area contributed by atoms with E-state index in [0.717, 1.165) is 55.8 Å². The number of aromatic nitrogens is 1. The first-order chi connectivity index (χ1) is 6.69. The lowest BCUT2D eigenvalue weighted by Crippen LogP contribution is -2.05. The smallest absolute Gasteiger partial charge is 0.390 e. The van der Waals surface area contributed by atoms with Crippen molar-refractivity contribution < 1.29 is 0 Å². The van der Waals surface area contributed by atoms with Gasteiger partial charge in [-0.1, -0.05) is 6.07 Å². The zero-order valence-corrected chi connectivity index (χ0v) is 13.1. The highest BCUT2D eigenvalue weighted by Crippen LogP contribution is 2.02. The van der Waals surface area contributed by atoms with Crippen LogP contribution in [0.2, 0.25) is 0 Å².